The van der Waals surface area contributed by atoms with Crippen molar-refractivity contribution >= 4 is 17.4 Å². The number of methoxy groups -OCH3 is 1. The van der Waals surface area contributed by atoms with Crippen molar-refractivity contribution in [3.63, 3.8) is 0 Å². The van der Waals surface area contributed by atoms with Gasteiger partial charge in [-0.05, 0) is 31.5 Å². The second kappa shape index (κ2) is 6.73. The number of rotatable bonds is 6. The molecule has 100 valence electrons. The van der Waals surface area contributed by atoms with Crippen molar-refractivity contribution < 1.29 is 19.7 Å². The average molecular weight is 273 g/mol. The zero-order chi connectivity index (χ0) is 13.7. The quantitative estimate of drug-likeness (QED) is 0.613. The van der Waals surface area contributed by atoms with Crippen LogP contribution in [-0.4, -0.2) is 35.1 Å². The van der Waals surface area contributed by atoms with Gasteiger partial charge < -0.3 is 14.9 Å². The topological polar surface area (TPSA) is 66.8 Å². The highest BCUT2D eigenvalue weighted by molar-refractivity contribution is 6.17. The third-order valence-electron chi connectivity index (χ3n) is 2.72. The van der Waals surface area contributed by atoms with E-state index >= 15 is 0 Å². The molecule has 0 saturated heterocycles. The maximum absolute atomic E-state index is 11.3. The SMILES string of the molecule is COc1ccc(C(C)=O)cc1C(O)C(O)CCCl. The van der Waals surface area contributed by atoms with Crippen LogP contribution in [0.25, 0.3) is 0 Å². The van der Waals surface area contributed by atoms with Gasteiger partial charge in [0.05, 0.1) is 13.2 Å². The first-order valence-electron chi connectivity index (χ1n) is 5.62. The van der Waals surface area contributed by atoms with Gasteiger partial charge in [-0.15, -0.1) is 11.6 Å². The van der Waals surface area contributed by atoms with E-state index in [9.17, 15) is 15.0 Å². The fraction of sp³-hybridized carbons (Fsp3) is 0.462. The van der Waals surface area contributed by atoms with Gasteiger partial charge in [-0.25, -0.2) is 0 Å². The molecule has 0 bridgehead atoms. The number of Topliss-reactive ketones (excluding diaryl/α,β-unsaturated/α-hetero) is 1. The van der Waals surface area contributed by atoms with Crippen LogP contribution in [0.5, 0.6) is 5.75 Å². The van der Waals surface area contributed by atoms with Gasteiger partial charge in [-0.3, -0.25) is 4.79 Å². The van der Waals surface area contributed by atoms with Gasteiger partial charge >= 0.3 is 0 Å². The zero-order valence-corrected chi connectivity index (χ0v) is 11.1. The predicted octanol–water partition coefficient (Wildman–Crippen LogP) is 1.92. The number of ketones is 1. The Labute approximate surface area is 111 Å². The lowest BCUT2D eigenvalue weighted by molar-refractivity contribution is 0.0156. The van der Waals surface area contributed by atoms with Crippen molar-refractivity contribution in [2.75, 3.05) is 13.0 Å². The molecule has 2 unspecified atom stereocenters. The van der Waals surface area contributed by atoms with Gasteiger partial charge in [-0.2, -0.15) is 0 Å². The minimum absolute atomic E-state index is 0.113. The van der Waals surface area contributed by atoms with E-state index in [-0.39, 0.29) is 18.1 Å². The summed E-state index contributed by atoms with van der Waals surface area (Å²) in [5.74, 6) is 0.562. The van der Waals surface area contributed by atoms with Crippen molar-refractivity contribution in [1.82, 2.24) is 0 Å². The fourth-order valence-corrected chi connectivity index (χ4v) is 1.88. The van der Waals surface area contributed by atoms with E-state index in [2.05, 4.69) is 0 Å². The third kappa shape index (κ3) is 3.45. The highest BCUT2D eigenvalue weighted by Crippen LogP contribution is 2.29. The van der Waals surface area contributed by atoms with Crippen LogP contribution in [-0.2, 0) is 0 Å². The molecule has 0 fully saturated rings. The first-order valence-corrected chi connectivity index (χ1v) is 6.15. The molecule has 2 N–H and O–H groups in total. The monoisotopic (exact) mass is 272 g/mol. The van der Waals surface area contributed by atoms with Crippen molar-refractivity contribution in [2.45, 2.75) is 25.6 Å². The molecule has 1 aromatic rings. The Balaban J connectivity index is 3.10. The summed E-state index contributed by atoms with van der Waals surface area (Å²) in [4.78, 5) is 11.3. The summed E-state index contributed by atoms with van der Waals surface area (Å²) in [6, 6.07) is 4.75. The van der Waals surface area contributed by atoms with Crippen LogP contribution in [0.4, 0.5) is 0 Å². The summed E-state index contributed by atoms with van der Waals surface area (Å²) in [6.07, 6.45) is -1.85. The summed E-state index contributed by atoms with van der Waals surface area (Å²) in [5, 5.41) is 19.8. The lowest BCUT2D eigenvalue weighted by atomic mass is 9.98. The Morgan fingerprint density at radius 2 is 2.11 bits per heavy atom. The summed E-state index contributed by atoms with van der Waals surface area (Å²) in [7, 11) is 1.47. The van der Waals surface area contributed by atoms with E-state index < -0.39 is 12.2 Å². The second-order valence-corrected chi connectivity index (χ2v) is 4.38. The number of hydrogen-bond donors (Lipinski definition) is 2. The Bertz CT molecular complexity index is 419. The minimum atomic E-state index is -1.13. The van der Waals surface area contributed by atoms with Crippen LogP contribution in [0.15, 0.2) is 18.2 Å². The molecule has 0 aliphatic carbocycles. The Kier molecular flexibility index (Phi) is 5.59. The molecule has 0 heterocycles. The summed E-state index contributed by atoms with van der Waals surface area (Å²) in [6.45, 7) is 1.44. The lowest BCUT2D eigenvalue weighted by Crippen LogP contribution is -2.19. The number of benzene rings is 1. The third-order valence-corrected chi connectivity index (χ3v) is 2.94. The van der Waals surface area contributed by atoms with Crippen molar-refractivity contribution in [3.05, 3.63) is 29.3 Å². The molecule has 1 aromatic carbocycles. The Hall–Kier alpha value is -1.10. The second-order valence-electron chi connectivity index (χ2n) is 4.00. The Morgan fingerprint density at radius 1 is 1.44 bits per heavy atom. The molecule has 0 amide bonds. The van der Waals surface area contributed by atoms with Crippen molar-refractivity contribution in [2.24, 2.45) is 0 Å². The highest BCUT2D eigenvalue weighted by atomic mass is 35.5. The first-order chi connectivity index (χ1) is 8.51. The van der Waals surface area contributed by atoms with Gasteiger partial charge in [0, 0.05) is 17.0 Å². The molecule has 0 aliphatic rings. The van der Waals surface area contributed by atoms with E-state index in [1.165, 1.54) is 20.1 Å². The molecule has 0 spiro atoms. The van der Waals surface area contributed by atoms with E-state index in [0.29, 0.717) is 16.9 Å². The molecular weight excluding hydrogens is 256 g/mol. The number of hydrogen-bond acceptors (Lipinski definition) is 4. The van der Waals surface area contributed by atoms with E-state index in [4.69, 9.17) is 16.3 Å². The van der Waals surface area contributed by atoms with Gasteiger partial charge in [-0.1, -0.05) is 0 Å². The van der Waals surface area contributed by atoms with Crippen LogP contribution >= 0.6 is 11.6 Å². The number of aliphatic hydroxyl groups excluding tert-OH is 2. The number of carbonyl (C=O) groups excluding carboxylic acids is 1. The molecule has 4 nitrogen and oxygen atoms in total. The maximum Gasteiger partial charge on any atom is 0.159 e. The summed E-state index contributed by atoms with van der Waals surface area (Å²) < 4.78 is 5.11. The van der Waals surface area contributed by atoms with Crippen LogP contribution < -0.4 is 4.74 Å². The van der Waals surface area contributed by atoms with Crippen LogP contribution in [0, 0.1) is 0 Å². The normalized spacial score (nSPS) is 14.1. The van der Waals surface area contributed by atoms with Gasteiger partial charge in [0.25, 0.3) is 0 Å². The molecule has 5 heteroatoms. The highest BCUT2D eigenvalue weighted by Gasteiger charge is 2.22. The molecule has 0 saturated carbocycles. The minimum Gasteiger partial charge on any atom is -0.496 e. The number of halogens is 1. The average Bonchev–Trinajstić information content (AvgIpc) is 2.37. The molecule has 0 aromatic heterocycles. The van der Waals surface area contributed by atoms with Gasteiger partial charge in [0.2, 0.25) is 0 Å². The number of aliphatic hydroxyl groups is 2. The van der Waals surface area contributed by atoms with Gasteiger partial charge in [0.15, 0.2) is 5.78 Å². The van der Waals surface area contributed by atoms with Crippen LogP contribution in [0.2, 0.25) is 0 Å². The van der Waals surface area contributed by atoms with Crippen LogP contribution in [0.1, 0.15) is 35.4 Å². The zero-order valence-electron chi connectivity index (χ0n) is 10.4. The molecule has 0 radical (unpaired) electrons. The Morgan fingerprint density at radius 3 is 2.61 bits per heavy atom. The van der Waals surface area contributed by atoms with E-state index in [1.807, 2.05) is 0 Å². The van der Waals surface area contributed by atoms with E-state index in [0.717, 1.165) is 0 Å². The maximum atomic E-state index is 11.3. The lowest BCUT2D eigenvalue weighted by Gasteiger charge is -2.20. The standard InChI is InChI=1S/C13H17ClO4/c1-8(15)9-3-4-12(18-2)10(7-9)13(17)11(16)5-6-14/h3-4,7,11,13,16-17H,5-6H2,1-2H3. The molecule has 0 aliphatic heterocycles. The summed E-state index contributed by atoms with van der Waals surface area (Å²) in [5.41, 5.74) is 0.853. The molecule has 18 heavy (non-hydrogen) atoms. The molecular formula is C13H17ClO4. The number of ether oxygens (including phenoxy) is 1. The molecule has 1 rings (SSSR count). The molecule has 2 atom stereocenters. The van der Waals surface area contributed by atoms with Crippen LogP contribution in [0.3, 0.4) is 0 Å². The first kappa shape index (κ1) is 15.0. The van der Waals surface area contributed by atoms with Crippen molar-refractivity contribution in [1.29, 1.82) is 0 Å². The smallest absolute Gasteiger partial charge is 0.159 e. The van der Waals surface area contributed by atoms with Gasteiger partial charge in [0.1, 0.15) is 11.9 Å². The largest absolute Gasteiger partial charge is 0.496 e. The summed E-state index contributed by atoms with van der Waals surface area (Å²) >= 11 is 5.53. The van der Waals surface area contributed by atoms with Crippen molar-refractivity contribution in [3.8, 4) is 5.75 Å². The number of alkyl halides is 1. The fourth-order valence-electron chi connectivity index (χ4n) is 1.66. The predicted molar refractivity (Wildman–Crippen MR) is 69.3 cm³/mol. The number of carbonyl (C=O) groups is 1. The van der Waals surface area contributed by atoms with E-state index in [1.54, 1.807) is 12.1 Å².